The predicted octanol–water partition coefficient (Wildman–Crippen LogP) is 2.89. The van der Waals surface area contributed by atoms with Crippen LogP contribution in [0.25, 0.3) is 0 Å². The van der Waals surface area contributed by atoms with E-state index in [1.54, 1.807) is 17.3 Å². The third kappa shape index (κ3) is 3.73. The zero-order valence-electron chi connectivity index (χ0n) is 16.1. The van der Waals surface area contributed by atoms with Crippen LogP contribution in [0.15, 0.2) is 40.6 Å². The number of amides is 1. The lowest BCUT2D eigenvalue weighted by Gasteiger charge is -2.32. The highest BCUT2D eigenvalue weighted by molar-refractivity contribution is 5.95. The smallest absolute Gasteiger partial charge is 0.257 e. The van der Waals surface area contributed by atoms with Gasteiger partial charge in [-0.05, 0) is 51.0 Å². The Bertz CT molecular complexity index is 908. The van der Waals surface area contributed by atoms with Crippen molar-refractivity contribution in [2.75, 3.05) is 6.54 Å². The van der Waals surface area contributed by atoms with Crippen molar-refractivity contribution in [3.63, 3.8) is 0 Å². The normalized spacial score (nSPS) is 26.0. The number of nitrogens with one attached hydrogen (secondary N) is 1. The van der Waals surface area contributed by atoms with Gasteiger partial charge in [0, 0.05) is 18.3 Å². The van der Waals surface area contributed by atoms with E-state index >= 15 is 0 Å². The highest BCUT2D eigenvalue weighted by Crippen LogP contribution is 2.35. The minimum Gasteiger partial charge on any atom is -0.350 e. The summed E-state index contributed by atoms with van der Waals surface area (Å²) in [6.07, 6.45) is 5.92. The van der Waals surface area contributed by atoms with Crippen LogP contribution in [-0.4, -0.2) is 52.3 Å². The van der Waals surface area contributed by atoms with Crippen molar-refractivity contribution in [3.05, 3.63) is 47.7 Å². The molecule has 1 aromatic rings. The summed E-state index contributed by atoms with van der Waals surface area (Å²) in [5, 5.41) is 8.38. The molecule has 1 N–H and O–H groups in total. The van der Waals surface area contributed by atoms with E-state index in [9.17, 15) is 18.0 Å². The van der Waals surface area contributed by atoms with Crippen LogP contribution >= 0.6 is 0 Å². The van der Waals surface area contributed by atoms with E-state index in [-0.39, 0.29) is 6.04 Å². The topological polar surface area (TPSA) is 60.3 Å². The van der Waals surface area contributed by atoms with E-state index in [1.807, 2.05) is 4.90 Å². The van der Waals surface area contributed by atoms with Crippen molar-refractivity contribution < 1.29 is 18.0 Å². The highest BCUT2D eigenvalue weighted by atomic mass is 19.1. The largest absolute Gasteiger partial charge is 0.350 e. The number of amidine groups is 1. The van der Waals surface area contributed by atoms with Crippen molar-refractivity contribution in [1.29, 1.82) is 0 Å². The molecule has 0 aromatic heterocycles. The van der Waals surface area contributed by atoms with Crippen molar-refractivity contribution in [2.24, 2.45) is 10.1 Å². The second-order valence-corrected chi connectivity index (χ2v) is 7.85. The molecular formula is C20H22F3N5O. The Morgan fingerprint density at radius 2 is 2.10 bits per heavy atom. The summed E-state index contributed by atoms with van der Waals surface area (Å²) < 4.78 is 41.9. The summed E-state index contributed by atoms with van der Waals surface area (Å²) >= 11 is 0. The number of hydrogen-bond acceptors (Lipinski definition) is 5. The first kappa shape index (κ1) is 19.5. The molecule has 6 nitrogen and oxygen atoms in total. The molecular weight excluding hydrogens is 383 g/mol. The number of likely N-dealkylation sites (tertiary alicyclic amines) is 1. The van der Waals surface area contributed by atoms with E-state index in [0.29, 0.717) is 24.4 Å². The Labute approximate surface area is 166 Å². The molecule has 0 spiro atoms. The second kappa shape index (κ2) is 7.20. The lowest BCUT2D eigenvalue weighted by molar-refractivity contribution is -0.131. The molecule has 1 amide bonds. The summed E-state index contributed by atoms with van der Waals surface area (Å²) in [4.78, 5) is 18.6. The molecule has 0 radical (unpaired) electrons. The van der Waals surface area contributed by atoms with E-state index in [4.69, 9.17) is 0 Å². The average Bonchev–Trinajstić information content (AvgIpc) is 3.30. The first-order valence-electron chi connectivity index (χ1n) is 9.54. The molecule has 9 heteroatoms. The van der Waals surface area contributed by atoms with Crippen LogP contribution in [0.5, 0.6) is 0 Å². The Morgan fingerprint density at radius 3 is 2.86 bits per heavy atom. The van der Waals surface area contributed by atoms with Crippen molar-refractivity contribution in [1.82, 2.24) is 15.2 Å². The molecule has 3 heterocycles. The number of hydrogen-bond donors (Lipinski definition) is 1. The van der Waals surface area contributed by atoms with E-state index < -0.39 is 35.4 Å². The molecule has 4 rings (SSSR count). The van der Waals surface area contributed by atoms with Gasteiger partial charge in [0.25, 0.3) is 5.91 Å². The Kier molecular flexibility index (Phi) is 4.84. The molecule has 1 saturated heterocycles. The maximum Gasteiger partial charge on any atom is 0.257 e. The maximum atomic E-state index is 14.3. The van der Waals surface area contributed by atoms with Gasteiger partial charge in [-0.25, -0.2) is 23.2 Å². The van der Waals surface area contributed by atoms with E-state index in [1.165, 1.54) is 26.1 Å². The van der Waals surface area contributed by atoms with Crippen LogP contribution in [-0.2, 0) is 4.79 Å². The number of fused-ring (bicyclic) bond motifs is 1. The van der Waals surface area contributed by atoms with Gasteiger partial charge in [0.15, 0.2) is 11.8 Å². The Morgan fingerprint density at radius 1 is 1.31 bits per heavy atom. The number of aliphatic imine (C=N–C) groups is 1. The molecule has 29 heavy (non-hydrogen) atoms. The molecule has 154 valence electrons. The van der Waals surface area contributed by atoms with Crippen LogP contribution in [0.2, 0.25) is 0 Å². The summed E-state index contributed by atoms with van der Waals surface area (Å²) in [5.41, 5.74) is -1.72. The molecule has 0 aliphatic carbocycles. The average molecular weight is 405 g/mol. The number of rotatable bonds is 3. The maximum absolute atomic E-state index is 14.3. The van der Waals surface area contributed by atoms with Crippen molar-refractivity contribution in [3.8, 4) is 0 Å². The predicted molar refractivity (Wildman–Crippen MR) is 103 cm³/mol. The Balaban J connectivity index is 1.57. The van der Waals surface area contributed by atoms with Crippen LogP contribution in [0.3, 0.4) is 0 Å². The molecule has 1 aromatic carbocycles. The Hall–Kier alpha value is -2.84. The summed E-state index contributed by atoms with van der Waals surface area (Å²) in [6, 6.07) is 2.54. The van der Waals surface area contributed by atoms with E-state index in [2.05, 4.69) is 15.4 Å². The number of alkyl halides is 1. The van der Waals surface area contributed by atoms with Crippen molar-refractivity contribution >= 4 is 18.0 Å². The number of nitrogens with zero attached hydrogens (tertiary/aromatic N) is 4. The number of halogens is 3. The van der Waals surface area contributed by atoms with Crippen LogP contribution in [0.1, 0.15) is 38.3 Å². The summed E-state index contributed by atoms with van der Waals surface area (Å²) in [5.74, 6) is -1.09. The zero-order valence-corrected chi connectivity index (χ0v) is 16.1. The van der Waals surface area contributed by atoms with Gasteiger partial charge < -0.3 is 10.2 Å². The van der Waals surface area contributed by atoms with Gasteiger partial charge in [0.2, 0.25) is 0 Å². The molecule has 3 atom stereocenters. The summed E-state index contributed by atoms with van der Waals surface area (Å²) in [6.45, 7) is 3.01. The molecule has 3 aliphatic rings. The fourth-order valence-corrected chi connectivity index (χ4v) is 3.79. The van der Waals surface area contributed by atoms with Crippen molar-refractivity contribution in [2.45, 2.75) is 50.6 Å². The van der Waals surface area contributed by atoms with Gasteiger partial charge in [0.1, 0.15) is 23.5 Å². The van der Waals surface area contributed by atoms with E-state index in [0.717, 1.165) is 18.6 Å². The summed E-state index contributed by atoms with van der Waals surface area (Å²) in [7, 11) is 0. The third-order valence-corrected chi connectivity index (χ3v) is 5.30. The first-order chi connectivity index (χ1) is 13.7. The molecule has 0 bridgehead atoms. The number of hydrazone groups is 1. The quantitative estimate of drug-likeness (QED) is 0.841. The monoisotopic (exact) mass is 405 g/mol. The number of carbonyl (C=O) groups is 1. The van der Waals surface area contributed by atoms with Gasteiger partial charge in [-0.2, -0.15) is 5.10 Å². The highest BCUT2D eigenvalue weighted by Gasteiger charge is 2.38. The van der Waals surface area contributed by atoms with Crippen LogP contribution < -0.4 is 5.32 Å². The zero-order chi connectivity index (χ0) is 20.8. The molecule has 3 aliphatic heterocycles. The fraction of sp³-hybridized carbons (Fsp3) is 0.450. The molecule has 0 saturated carbocycles. The number of benzene rings is 1. The minimum absolute atomic E-state index is 0.299. The molecule has 2 unspecified atom stereocenters. The lowest BCUT2D eigenvalue weighted by atomic mass is 10.0. The van der Waals surface area contributed by atoms with Gasteiger partial charge in [0.05, 0.1) is 12.3 Å². The second-order valence-electron chi connectivity index (χ2n) is 7.85. The lowest BCUT2D eigenvalue weighted by Crippen LogP contribution is -2.51. The van der Waals surface area contributed by atoms with Gasteiger partial charge >= 0.3 is 0 Å². The SMILES string of the molecule is CC(C)(F)C(=O)NC1C=NN2C=CC(N3CCC[C@@H]3c3cc(F)ccc3F)=NC12. The van der Waals surface area contributed by atoms with Crippen LogP contribution in [0, 0.1) is 11.6 Å². The van der Waals surface area contributed by atoms with Gasteiger partial charge in [-0.1, -0.05) is 0 Å². The van der Waals surface area contributed by atoms with Crippen LogP contribution in [0.4, 0.5) is 13.2 Å². The minimum atomic E-state index is -2.02. The number of carbonyl (C=O) groups excluding carboxylic acids is 1. The molecule has 1 fully saturated rings. The first-order valence-corrected chi connectivity index (χ1v) is 9.54. The van der Waals surface area contributed by atoms with Gasteiger partial charge in [-0.15, -0.1) is 0 Å². The van der Waals surface area contributed by atoms with Gasteiger partial charge in [-0.3, -0.25) is 4.79 Å². The fourth-order valence-electron chi connectivity index (χ4n) is 3.79. The standard InChI is InChI=1S/C20H22F3N5O/c1-20(2,23)19(29)25-15-11-24-28-9-7-17(26-18(15)28)27-8-3-4-16(27)13-10-12(21)5-6-14(13)22/h5-7,9-11,15-16,18H,3-4,8H2,1-2H3,(H,25,29)/t15?,16-,18?/m1/s1. The third-order valence-electron chi connectivity index (χ3n) is 5.30.